The molecule has 0 bridgehead atoms. The van der Waals surface area contributed by atoms with E-state index in [4.69, 9.17) is 4.42 Å². The molecule has 2 aromatic heterocycles. The largest absolute Gasteiger partial charge is 0.444 e. The predicted octanol–water partition coefficient (Wildman–Crippen LogP) is 2.19. The fourth-order valence-electron chi connectivity index (χ4n) is 1.54. The first-order valence-corrected chi connectivity index (χ1v) is 7.65. The smallest absolute Gasteiger partial charge is 0.287 e. The van der Waals surface area contributed by atoms with Crippen molar-refractivity contribution in [2.45, 2.75) is 6.42 Å². The van der Waals surface area contributed by atoms with Crippen LogP contribution in [0.3, 0.4) is 0 Å². The zero-order valence-electron chi connectivity index (χ0n) is 10.5. The molecular weight excluding hydrogens is 344 g/mol. The zero-order valence-corrected chi connectivity index (χ0v) is 12.9. The maximum absolute atomic E-state index is 11.6. The van der Waals surface area contributed by atoms with E-state index >= 15 is 0 Å². The van der Waals surface area contributed by atoms with Crippen LogP contribution in [0.25, 0.3) is 0 Å². The van der Waals surface area contributed by atoms with Crippen LogP contribution < -0.4 is 10.6 Å². The van der Waals surface area contributed by atoms with Gasteiger partial charge in [-0.05, 0) is 39.5 Å². The number of carbonyl (C=O) groups excluding carboxylic acids is 2. The molecule has 2 N–H and O–H groups in total. The van der Waals surface area contributed by atoms with Crippen molar-refractivity contribution in [3.63, 3.8) is 0 Å². The van der Waals surface area contributed by atoms with Crippen LogP contribution in [-0.2, 0) is 11.2 Å². The van der Waals surface area contributed by atoms with Crippen molar-refractivity contribution in [3.05, 3.63) is 45.0 Å². The van der Waals surface area contributed by atoms with Crippen molar-refractivity contribution in [3.8, 4) is 0 Å². The third-order valence-corrected chi connectivity index (χ3v) is 3.75. The summed E-state index contributed by atoms with van der Waals surface area (Å²) in [5.41, 5.74) is 0. The summed E-state index contributed by atoms with van der Waals surface area (Å²) in [4.78, 5) is 24.2. The minimum absolute atomic E-state index is 0.0533. The molecule has 0 radical (unpaired) electrons. The van der Waals surface area contributed by atoms with Crippen molar-refractivity contribution < 1.29 is 14.0 Å². The third-order valence-electron chi connectivity index (χ3n) is 2.44. The second kappa shape index (κ2) is 7.25. The highest BCUT2D eigenvalue weighted by molar-refractivity contribution is 9.10. The number of rotatable bonds is 6. The normalized spacial score (nSPS) is 10.2. The van der Waals surface area contributed by atoms with Crippen LogP contribution in [0.4, 0.5) is 0 Å². The lowest BCUT2D eigenvalue weighted by molar-refractivity contribution is -0.120. The molecule has 2 heterocycles. The summed E-state index contributed by atoms with van der Waals surface area (Å²) in [7, 11) is 0. The first kappa shape index (κ1) is 14.8. The molecule has 2 amide bonds. The Morgan fingerprint density at radius 3 is 2.65 bits per heavy atom. The molecule has 106 valence electrons. The maximum Gasteiger partial charge on any atom is 0.287 e. The first-order chi connectivity index (χ1) is 9.65. The average molecular weight is 357 g/mol. The summed E-state index contributed by atoms with van der Waals surface area (Å²) < 4.78 is 5.62. The first-order valence-electron chi connectivity index (χ1n) is 5.98. The monoisotopic (exact) mass is 356 g/mol. The minimum Gasteiger partial charge on any atom is -0.444 e. The lowest BCUT2D eigenvalue weighted by Gasteiger charge is -2.05. The van der Waals surface area contributed by atoms with Crippen LogP contribution in [0, 0.1) is 0 Å². The van der Waals surface area contributed by atoms with Crippen molar-refractivity contribution in [1.29, 1.82) is 0 Å². The van der Waals surface area contributed by atoms with Gasteiger partial charge in [-0.3, -0.25) is 9.59 Å². The summed E-state index contributed by atoms with van der Waals surface area (Å²) in [6.07, 6.45) is 0.372. The maximum atomic E-state index is 11.6. The van der Waals surface area contributed by atoms with Gasteiger partial charge in [0.1, 0.15) is 0 Å². The van der Waals surface area contributed by atoms with Crippen molar-refractivity contribution in [2.24, 2.45) is 0 Å². The Kier molecular flexibility index (Phi) is 5.37. The van der Waals surface area contributed by atoms with E-state index in [1.807, 2.05) is 17.5 Å². The van der Waals surface area contributed by atoms with Gasteiger partial charge in [0.15, 0.2) is 10.4 Å². The number of hydrogen-bond donors (Lipinski definition) is 2. The van der Waals surface area contributed by atoms with Crippen LogP contribution in [0.15, 0.2) is 38.7 Å². The van der Waals surface area contributed by atoms with Crippen LogP contribution in [0.1, 0.15) is 15.4 Å². The van der Waals surface area contributed by atoms with Gasteiger partial charge < -0.3 is 15.1 Å². The van der Waals surface area contributed by atoms with Crippen LogP contribution >= 0.6 is 27.3 Å². The Morgan fingerprint density at radius 1 is 1.20 bits per heavy atom. The average Bonchev–Trinajstić information content (AvgIpc) is 3.06. The predicted molar refractivity (Wildman–Crippen MR) is 79.8 cm³/mol. The fraction of sp³-hybridized carbons (Fsp3) is 0.231. The van der Waals surface area contributed by atoms with Crippen molar-refractivity contribution in [1.82, 2.24) is 10.6 Å². The van der Waals surface area contributed by atoms with Gasteiger partial charge in [-0.25, -0.2) is 0 Å². The van der Waals surface area contributed by atoms with E-state index in [9.17, 15) is 9.59 Å². The number of carbonyl (C=O) groups is 2. The number of nitrogens with one attached hydrogen (secondary N) is 2. The molecule has 0 fully saturated rings. The van der Waals surface area contributed by atoms with Gasteiger partial charge in [-0.1, -0.05) is 6.07 Å². The number of hydrogen-bond acceptors (Lipinski definition) is 4. The van der Waals surface area contributed by atoms with E-state index < -0.39 is 0 Å². The summed E-state index contributed by atoms with van der Waals surface area (Å²) in [6.45, 7) is 0.741. The number of halogens is 1. The summed E-state index contributed by atoms with van der Waals surface area (Å²) in [5.74, 6) is -0.118. The molecule has 5 nitrogen and oxygen atoms in total. The molecule has 20 heavy (non-hydrogen) atoms. The quantitative estimate of drug-likeness (QED) is 0.779. The summed E-state index contributed by atoms with van der Waals surface area (Å²) in [6, 6.07) is 7.06. The highest BCUT2D eigenvalue weighted by atomic mass is 79.9. The molecule has 0 saturated carbocycles. The SMILES string of the molecule is O=C(Cc1cccs1)NCCNC(=O)c1ccc(Br)o1. The Morgan fingerprint density at radius 2 is 2.00 bits per heavy atom. The van der Waals surface area contributed by atoms with E-state index in [1.165, 1.54) is 0 Å². The zero-order chi connectivity index (χ0) is 14.4. The van der Waals surface area contributed by atoms with Crippen molar-refractivity contribution >= 4 is 39.1 Å². The van der Waals surface area contributed by atoms with Crippen LogP contribution in [0.2, 0.25) is 0 Å². The van der Waals surface area contributed by atoms with E-state index in [2.05, 4.69) is 26.6 Å². The van der Waals surface area contributed by atoms with E-state index in [-0.39, 0.29) is 17.6 Å². The van der Waals surface area contributed by atoms with Crippen LogP contribution in [0.5, 0.6) is 0 Å². The Hall–Kier alpha value is -1.60. The molecule has 0 spiro atoms. The van der Waals surface area contributed by atoms with Gasteiger partial charge in [0.25, 0.3) is 5.91 Å². The Labute approximate surface area is 128 Å². The fourth-order valence-corrected chi connectivity index (χ4v) is 2.55. The number of furan rings is 1. The van der Waals surface area contributed by atoms with E-state index in [0.717, 1.165) is 4.88 Å². The van der Waals surface area contributed by atoms with Crippen molar-refractivity contribution in [2.75, 3.05) is 13.1 Å². The second-order valence-electron chi connectivity index (χ2n) is 3.97. The van der Waals surface area contributed by atoms with E-state index in [1.54, 1.807) is 23.5 Å². The lowest BCUT2D eigenvalue weighted by Crippen LogP contribution is -2.35. The topological polar surface area (TPSA) is 71.3 Å². The lowest BCUT2D eigenvalue weighted by atomic mass is 10.3. The van der Waals surface area contributed by atoms with Gasteiger partial charge in [0.2, 0.25) is 5.91 Å². The molecule has 0 aromatic carbocycles. The van der Waals surface area contributed by atoms with Gasteiger partial charge in [-0.2, -0.15) is 0 Å². The summed E-state index contributed by atoms with van der Waals surface area (Å²) in [5, 5.41) is 7.34. The molecule has 7 heteroatoms. The Bertz CT molecular complexity index is 580. The molecule has 0 aliphatic carbocycles. The number of amides is 2. The highest BCUT2D eigenvalue weighted by Gasteiger charge is 2.09. The van der Waals surface area contributed by atoms with Gasteiger partial charge in [-0.15, -0.1) is 11.3 Å². The summed E-state index contributed by atoms with van der Waals surface area (Å²) >= 11 is 4.67. The number of thiophene rings is 1. The Balaban J connectivity index is 1.64. The van der Waals surface area contributed by atoms with Gasteiger partial charge in [0.05, 0.1) is 6.42 Å². The molecule has 0 aliphatic heterocycles. The molecular formula is C13H13BrN2O3S. The molecule has 0 saturated heterocycles. The molecule has 0 unspecified atom stereocenters. The van der Waals surface area contributed by atoms with E-state index in [0.29, 0.717) is 24.2 Å². The molecule has 0 aliphatic rings. The molecule has 2 aromatic rings. The minimum atomic E-state index is -0.303. The third kappa shape index (κ3) is 4.50. The highest BCUT2D eigenvalue weighted by Crippen LogP contribution is 2.13. The van der Waals surface area contributed by atoms with Gasteiger partial charge in [0, 0.05) is 18.0 Å². The molecule has 0 atom stereocenters. The van der Waals surface area contributed by atoms with Crippen LogP contribution in [-0.4, -0.2) is 24.9 Å². The molecule has 2 rings (SSSR count). The second-order valence-corrected chi connectivity index (χ2v) is 5.78. The standard InChI is InChI=1S/C13H13BrN2O3S/c14-11-4-3-10(19-11)13(18)16-6-5-15-12(17)8-9-2-1-7-20-9/h1-4,7H,5-6,8H2,(H,15,17)(H,16,18). The van der Waals surface area contributed by atoms with Gasteiger partial charge >= 0.3 is 0 Å².